The molecule has 0 saturated heterocycles. The highest BCUT2D eigenvalue weighted by Crippen LogP contribution is 2.33. The molecule has 1 nitrogen and oxygen atoms in total. The molecule has 25 heavy (non-hydrogen) atoms. The first-order valence-corrected chi connectivity index (χ1v) is 9.25. The molecule has 0 spiro atoms. The third-order valence-electron chi connectivity index (χ3n) is 4.46. The van der Waals surface area contributed by atoms with Crippen LogP contribution in [0.3, 0.4) is 0 Å². The second-order valence-corrected chi connectivity index (χ2v) is 7.59. The number of carbonyl (C=O) groups is 1. The summed E-state index contributed by atoms with van der Waals surface area (Å²) in [6.07, 6.45) is 3.43. The van der Waals surface area contributed by atoms with Gasteiger partial charge in [0.2, 0.25) is 0 Å². The van der Waals surface area contributed by atoms with E-state index >= 15 is 0 Å². The van der Waals surface area contributed by atoms with Crippen molar-refractivity contribution in [3.8, 4) is 0 Å². The number of rotatable bonds is 7. The van der Waals surface area contributed by atoms with Crippen LogP contribution in [-0.4, -0.2) is 5.78 Å². The molecule has 2 rings (SSSR count). The average Bonchev–Trinajstić information content (AvgIpc) is 2.55. The van der Waals surface area contributed by atoms with E-state index in [2.05, 4.69) is 12.6 Å². The van der Waals surface area contributed by atoms with Crippen molar-refractivity contribution < 1.29 is 4.79 Å². The Morgan fingerprint density at radius 1 is 1.08 bits per heavy atom. The van der Waals surface area contributed by atoms with Gasteiger partial charge in [0.15, 0.2) is 5.78 Å². The van der Waals surface area contributed by atoms with Gasteiger partial charge in [0.05, 0.1) is 10.0 Å². The first-order chi connectivity index (χ1) is 11.8. The van der Waals surface area contributed by atoms with Crippen molar-refractivity contribution in [1.82, 2.24) is 0 Å². The lowest BCUT2D eigenvalue weighted by Gasteiger charge is -2.20. The van der Waals surface area contributed by atoms with E-state index in [1.165, 1.54) is 0 Å². The highest BCUT2D eigenvalue weighted by atomic mass is 35.5. The first-order valence-electron chi connectivity index (χ1n) is 8.50. The van der Waals surface area contributed by atoms with Crippen LogP contribution in [0.4, 0.5) is 0 Å². The van der Waals surface area contributed by atoms with E-state index in [9.17, 15) is 4.79 Å². The molecule has 0 fully saturated rings. The van der Waals surface area contributed by atoms with Crippen molar-refractivity contribution >= 4 is 29.0 Å². The van der Waals surface area contributed by atoms with Gasteiger partial charge in [0.1, 0.15) is 0 Å². The predicted molar refractivity (Wildman–Crippen MR) is 108 cm³/mol. The van der Waals surface area contributed by atoms with Crippen LogP contribution in [0.5, 0.6) is 0 Å². The van der Waals surface area contributed by atoms with Crippen LogP contribution in [0.2, 0.25) is 10.0 Å². The quantitative estimate of drug-likeness (QED) is 0.370. The third-order valence-corrected chi connectivity index (χ3v) is 5.20. The second kappa shape index (κ2) is 8.69. The maximum absolute atomic E-state index is 12.9. The van der Waals surface area contributed by atoms with Crippen LogP contribution >= 0.6 is 23.2 Å². The average molecular weight is 375 g/mol. The molecule has 2 atom stereocenters. The molecule has 0 aromatic heterocycles. The number of hydrogen-bond acceptors (Lipinski definition) is 1. The highest BCUT2D eigenvalue weighted by molar-refractivity contribution is 6.42. The summed E-state index contributed by atoms with van der Waals surface area (Å²) in [4.78, 5) is 12.9. The molecule has 0 aliphatic rings. The van der Waals surface area contributed by atoms with Gasteiger partial charge >= 0.3 is 0 Å². The van der Waals surface area contributed by atoms with Gasteiger partial charge in [-0.05, 0) is 62.4 Å². The van der Waals surface area contributed by atoms with Crippen LogP contribution in [-0.2, 0) is 0 Å². The summed E-state index contributed by atoms with van der Waals surface area (Å²) >= 11 is 12.2. The fourth-order valence-corrected chi connectivity index (χ4v) is 3.58. The summed E-state index contributed by atoms with van der Waals surface area (Å²) in [5.41, 5.74) is 4.11. The Hall–Kier alpha value is -1.57. The Balaban J connectivity index is 2.21. The van der Waals surface area contributed by atoms with Gasteiger partial charge in [0.25, 0.3) is 0 Å². The van der Waals surface area contributed by atoms with Gasteiger partial charge in [-0.1, -0.05) is 59.5 Å². The molecule has 0 bridgehead atoms. The van der Waals surface area contributed by atoms with Crippen molar-refractivity contribution in [3.63, 3.8) is 0 Å². The Morgan fingerprint density at radius 2 is 1.72 bits per heavy atom. The Bertz CT molecular complexity index is 759. The molecule has 0 aliphatic heterocycles. The molecule has 0 aliphatic carbocycles. The van der Waals surface area contributed by atoms with Crippen molar-refractivity contribution in [2.45, 2.75) is 39.5 Å². The number of ketones is 1. The molecule has 3 heteroatoms. The van der Waals surface area contributed by atoms with Gasteiger partial charge in [-0.25, -0.2) is 0 Å². The summed E-state index contributed by atoms with van der Waals surface area (Å²) in [6, 6.07) is 11.7. The van der Waals surface area contributed by atoms with Crippen LogP contribution < -0.4 is 0 Å². The number of benzene rings is 2. The summed E-state index contributed by atoms with van der Waals surface area (Å²) in [5, 5.41) is 1.09. The minimum atomic E-state index is -0.0828. The maximum atomic E-state index is 12.9. The van der Waals surface area contributed by atoms with Crippen LogP contribution in [0.1, 0.15) is 52.7 Å². The molecule has 0 heterocycles. The SMILES string of the molecule is C=CC[C@H](CC(C)C(=O)c1cc(C)cc(C)c1)c1ccc(Cl)c(Cl)c1. The molecule has 1 unspecified atom stereocenters. The number of hydrogen-bond donors (Lipinski definition) is 0. The zero-order valence-electron chi connectivity index (χ0n) is 15.0. The van der Waals surface area contributed by atoms with Crippen molar-refractivity contribution in [3.05, 3.63) is 81.4 Å². The number of Topliss-reactive ketones (excluding diaryl/α,β-unsaturated/α-hetero) is 1. The molecule has 0 radical (unpaired) electrons. The Labute approximate surface area is 160 Å². The molecule has 132 valence electrons. The van der Waals surface area contributed by atoms with Gasteiger partial charge in [-0.3, -0.25) is 4.79 Å². The van der Waals surface area contributed by atoms with Crippen molar-refractivity contribution in [1.29, 1.82) is 0 Å². The lowest BCUT2D eigenvalue weighted by Crippen LogP contribution is -2.15. The first kappa shape index (κ1) is 19.8. The zero-order chi connectivity index (χ0) is 18.6. The standard InChI is InChI=1S/C22H24Cl2O/c1-5-6-17(18-7-8-20(23)21(24)13-18)12-16(4)22(25)19-10-14(2)9-15(3)11-19/h5,7-11,13,16-17H,1,6,12H2,2-4H3/t16?,17-/m1/s1. The van der Waals surface area contributed by atoms with Gasteiger partial charge in [0, 0.05) is 11.5 Å². The monoisotopic (exact) mass is 374 g/mol. The molecule has 0 N–H and O–H groups in total. The molecule has 2 aromatic carbocycles. The largest absolute Gasteiger partial charge is 0.294 e. The number of allylic oxidation sites excluding steroid dienone is 1. The normalized spacial score (nSPS) is 13.3. The molecule has 0 saturated carbocycles. The highest BCUT2D eigenvalue weighted by Gasteiger charge is 2.21. The van der Waals surface area contributed by atoms with Gasteiger partial charge < -0.3 is 0 Å². The predicted octanol–water partition coefficient (Wildman–Crippen LogP) is 7.18. The zero-order valence-corrected chi connectivity index (χ0v) is 16.5. The van der Waals surface area contributed by atoms with E-state index in [-0.39, 0.29) is 17.6 Å². The molecular formula is C22H24Cl2O. The van der Waals surface area contributed by atoms with E-state index < -0.39 is 0 Å². The Morgan fingerprint density at radius 3 is 2.28 bits per heavy atom. The molecule has 2 aromatic rings. The lowest BCUT2D eigenvalue weighted by atomic mass is 9.83. The van der Waals surface area contributed by atoms with Crippen LogP contribution in [0.15, 0.2) is 49.1 Å². The maximum Gasteiger partial charge on any atom is 0.165 e. The minimum absolute atomic E-state index is 0.0828. The number of carbonyl (C=O) groups excluding carboxylic acids is 1. The summed E-state index contributed by atoms with van der Waals surface area (Å²) in [6.45, 7) is 9.89. The fraction of sp³-hybridized carbons (Fsp3) is 0.318. The smallest absolute Gasteiger partial charge is 0.165 e. The summed E-state index contributed by atoms with van der Waals surface area (Å²) < 4.78 is 0. The van der Waals surface area contributed by atoms with Crippen LogP contribution in [0.25, 0.3) is 0 Å². The van der Waals surface area contributed by atoms with Gasteiger partial charge in [-0.2, -0.15) is 0 Å². The molecule has 0 amide bonds. The van der Waals surface area contributed by atoms with E-state index in [0.717, 1.165) is 35.1 Å². The fourth-order valence-electron chi connectivity index (χ4n) is 3.27. The minimum Gasteiger partial charge on any atom is -0.294 e. The topological polar surface area (TPSA) is 17.1 Å². The van der Waals surface area contributed by atoms with E-state index in [1.54, 1.807) is 0 Å². The molecular weight excluding hydrogens is 351 g/mol. The lowest BCUT2D eigenvalue weighted by molar-refractivity contribution is 0.0919. The van der Waals surface area contributed by atoms with E-state index in [0.29, 0.717) is 10.0 Å². The number of halogens is 2. The Kier molecular flexibility index (Phi) is 6.87. The number of aryl methyl sites for hydroxylation is 2. The summed E-state index contributed by atoms with van der Waals surface area (Å²) in [7, 11) is 0. The third kappa shape index (κ3) is 5.20. The van der Waals surface area contributed by atoms with Crippen molar-refractivity contribution in [2.75, 3.05) is 0 Å². The van der Waals surface area contributed by atoms with Crippen LogP contribution in [0, 0.1) is 19.8 Å². The van der Waals surface area contributed by atoms with Crippen molar-refractivity contribution in [2.24, 2.45) is 5.92 Å². The van der Waals surface area contributed by atoms with E-state index in [4.69, 9.17) is 23.2 Å². The van der Waals surface area contributed by atoms with E-state index in [1.807, 2.05) is 57.2 Å². The second-order valence-electron chi connectivity index (χ2n) is 6.77. The van der Waals surface area contributed by atoms with Gasteiger partial charge in [-0.15, -0.1) is 6.58 Å². The summed E-state index contributed by atoms with van der Waals surface area (Å²) in [5.74, 6) is 0.290.